The first-order chi connectivity index (χ1) is 9.53. The monoisotopic (exact) mass is 299 g/mol. The summed E-state index contributed by atoms with van der Waals surface area (Å²) in [7, 11) is -3.52. The first-order valence-electron chi connectivity index (χ1n) is 7.18. The average molecular weight is 299 g/mol. The summed E-state index contributed by atoms with van der Waals surface area (Å²) in [6.07, 6.45) is 5.79. The van der Waals surface area contributed by atoms with Crippen molar-refractivity contribution < 1.29 is 8.42 Å². The van der Waals surface area contributed by atoms with Crippen molar-refractivity contribution in [1.29, 1.82) is 0 Å². The minimum Gasteiger partial charge on any atom is -0.326 e. The van der Waals surface area contributed by atoms with Gasteiger partial charge in [0.15, 0.2) is 5.03 Å². The van der Waals surface area contributed by atoms with Crippen molar-refractivity contribution in [2.75, 3.05) is 6.54 Å². The zero-order chi connectivity index (χ0) is 15.0. The van der Waals surface area contributed by atoms with Crippen molar-refractivity contribution in [3.05, 3.63) is 23.9 Å². The lowest BCUT2D eigenvalue weighted by Crippen LogP contribution is -2.30. The molecule has 0 bridgehead atoms. The first kappa shape index (κ1) is 17.1. The van der Waals surface area contributed by atoms with Crippen LogP contribution in [0.25, 0.3) is 0 Å². The Hall–Kier alpha value is -0.980. The van der Waals surface area contributed by atoms with Gasteiger partial charge in [0.05, 0.1) is 0 Å². The van der Waals surface area contributed by atoms with Gasteiger partial charge < -0.3 is 5.73 Å². The standard InChI is InChI=1S/C14H25N3O2S/c1-3-5-6-12(4-2)11-17-20(18,19)14-8-7-13(9-15)10-16-14/h7-8,10,12,17H,3-6,9,11,15H2,1-2H3. The van der Waals surface area contributed by atoms with Crippen LogP contribution < -0.4 is 10.5 Å². The Morgan fingerprint density at radius 2 is 2.10 bits per heavy atom. The number of aromatic nitrogens is 1. The van der Waals surface area contributed by atoms with Crippen LogP contribution in [0.5, 0.6) is 0 Å². The van der Waals surface area contributed by atoms with E-state index in [0.717, 1.165) is 31.2 Å². The Balaban J connectivity index is 2.63. The maximum absolute atomic E-state index is 12.1. The second kappa shape index (κ2) is 8.34. The number of rotatable bonds is 9. The topological polar surface area (TPSA) is 85.1 Å². The van der Waals surface area contributed by atoms with Gasteiger partial charge in [0.2, 0.25) is 0 Å². The fourth-order valence-electron chi connectivity index (χ4n) is 1.94. The summed E-state index contributed by atoms with van der Waals surface area (Å²) in [5.74, 6) is 0.382. The van der Waals surface area contributed by atoms with E-state index in [1.54, 1.807) is 6.07 Å². The Morgan fingerprint density at radius 3 is 2.60 bits per heavy atom. The third-order valence-corrected chi connectivity index (χ3v) is 4.75. The molecule has 0 saturated carbocycles. The van der Waals surface area contributed by atoms with E-state index in [-0.39, 0.29) is 5.03 Å². The summed E-state index contributed by atoms with van der Waals surface area (Å²) in [6.45, 7) is 5.05. The Bertz CT molecular complexity index is 486. The van der Waals surface area contributed by atoms with E-state index < -0.39 is 10.0 Å². The number of pyridine rings is 1. The molecule has 0 aliphatic rings. The van der Waals surface area contributed by atoms with E-state index in [2.05, 4.69) is 23.6 Å². The predicted octanol–water partition coefficient (Wildman–Crippen LogP) is 2.04. The van der Waals surface area contributed by atoms with Crippen molar-refractivity contribution >= 4 is 10.0 Å². The number of nitrogens with zero attached hydrogens (tertiary/aromatic N) is 1. The minimum atomic E-state index is -3.52. The van der Waals surface area contributed by atoms with Gasteiger partial charge >= 0.3 is 0 Å². The molecule has 1 unspecified atom stereocenters. The molecule has 0 saturated heterocycles. The molecule has 0 aromatic carbocycles. The van der Waals surface area contributed by atoms with Crippen molar-refractivity contribution in [3.63, 3.8) is 0 Å². The molecule has 5 nitrogen and oxygen atoms in total. The quantitative estimate of drug-likeness (QED) is 0.730. The fraction of sp³-hybridized carbons (Fsp3) is 0.643. The van der Waals surface area contributed by atoms with Crippen LogP contribution in [0.2, 0.25) is 0 Å². The summed E-state index contributed by atoms with van der Waals surface area (Å²) >= 11 is 0. The number of nitrogens with two attached hydrogens (primary N) is 1. The highest BCUT2D eigenvalue weighted by atomic mass is 32.2. The third-order valence-electron chi connectivity index (χ3n) is 3.41. The molecule has 0 aliphatic heterocycles. The molecule has 114 valence electrons. The van der Waals surface area contributed by atoms with E-state index in [0.29, 0.717) is 19.0 Å². The number of hydrogen-bond donors (Lipinski definition) is 2. The highest BCUT2D eigenvalue weighted by Crippen LogP contribution is 2.13. The minimum absolute atomic E-state index is 0.0556. The van der Waals surface area contributed by atoms with Crippen molar-refractivity contribution in [2.45, 2.75) is 51.1 Å². The molecular weight excluding hydrogens is 274 g/mol. The predicted molar refractivity (Wildman–Crippen MR) is 80.6 cm³/mol. The van der Waals surface area contributed by atoms with Gasteiger partial charge in [0.1, 0.15) is 0 Å². The molecule has 1 aromatic heterocycles. The van der Waals surface area contributed by atoms with Crippen LogP contribution in [0, 0.1) is 5.92 Å². The van der Waals surface area contributed by atoms with Crippen LogP contribution >= 0.6 is 0 Å². The molecule has 6 heteroatoms. The zero-order valence-electron chi connectivity index (χ0n) is 12.3. The third kappa shape index (κ3) is 5.19. The van der Waals surface area contributed by atoms with Crippen LogP contribution in [-0.4, -0.2) is 19.9 Å². The number of sulfonamides is 1. The van der Waals surface area contributed by atoms with Gasteiger partial charge in [0, 0.05) is 19.3 Å². The molecule has 1 rings (SSSR count). The van der Waals surface area contributed by atoms with Crippen LogP contribution in [0.15, 0.2) is 23.4 Å². The van der Waals surface area contributed by atoms with Gasteiger partial charge in [-0.1, -0.05) is 39.2 Å². The highest BCUT2D eigenvalue weighted by Gasteiger charge is 2.17. The lowest BCUT2D eigenvalue weighted by Gasteiger charge is -2.15. The molecule has 0 radical (unpaired) electrons. The van der Waals surface area contributed by atoms with Crippen LogP contribution in [0.3, 0.4) is 0 Å². The maximum atomic E-state index is 12.1. The van der Waals surface area contributed by atoms with Gasteiger partial charge in [0.25, 0.3) is 10.0 Å². The smallest absolute Gasteiger partial charge is 0.258 e. The van der Waals surface area contributed by atoms with Gasteiger partial charge in [-0.25, -0.2) is 18.1 Å². The average Bonchev–Trinajstić information content (AvgIpc) is 2.47. The summed E-state index contributed by atoms with van der Waals surface area (Å²) in [6, 6.07) is 3.19. The van der Waals surface area contributed by atoms with E-state index in [1.807, 2.05) is 0 Å². The van der Waals surface area contributed by atoms with Crippen LogP contribution in [0.1, 0.15) is 45.1 Å². The second-order valence-electron chi connectivity index (χ2n) is 4.98. The molecule has 0 amide bonds. The van der Waals surface area contributed by atoms with Gasteiger partial charge in [-0.2, -0.15) is 0 Å². The van der Waals surface area contributed by atoms with Crippen molar-refractivity contribution in [2.24, 2.45) is 11.7 Å². The van der Waals surface area contributed by atoms with E-state index in [1.165, 1.54) is 12.3 Å². The Morgan fingerprint density at radius 1 is 1.35 bits per heavy atom. The molecule has 0 aliphatic carbocycles. The molecule has 1 heterocycles. The molecule has 0 fully saturated rings. The maximum Gasteiger partial charge on any atom is 0.258 e. The van der Waals surface area contributed by atoms with Crippen molar-refractivity contribution in [3.8, 4) is 0 Å². The SMILES string of the molecule is CCCCC(CC)CNS(=O)(=O)c1ccc(CN)cn1. The lowest BCUT2D eigenvalue weighted by molar-refractivity contribution is 0.443. The van der Waals surface area contributed by atoms with E-state index in [4.69, 9.17) is 5.73 Å². The summed E-state index contributed by atoms with van der Waals surface area (Å²) in [4.78, 5) is 3.96. The molecule has 0 spiro atoms. The summed E-state index contributed by atoms with van der Waals surface area (Å²) in [5, 5.41) is 0.0556. The van der Waals surface area contributed by atoms with Gasteiger partial charge in [-0.05, 0) is 24.0 Å². The number of nitrogens with one attached hydrogen (secondary N) is 1. The molecule has 20 heavy (non-hydrogen) atoms. The zero-order valence-corrected chi connectivity index (χ0v) is 13.1. The van der Waals surface area contributed by atoms with Crippen LogP contribution in [0.4, 0.5) is 0 Å². The largest absolute Gasteiger partial charge is 0.326 e. The van der Waals surface area contributed by atoms with E-state index in [9.17, 15) is 8.42 Å². The summed E-state index contributed by atoms with van der Waals surface area (Å²) in [5.41, 5.74) is 6.28. The lowest BCUT2D eigenvalue weighted by atomic mass is 10.00. The number of hydrogen-bond acceptors (Lipinski definition) is 4. The molecule has 1 aromatic rings. The van der Waals surface area contributed by atoms with Gasteiger partial charge in [-0.15, -0.1) is 0 Å². The highest BCUT2D eigenvalue weighted by molar-refractivity contribution is 7.89. The van der Waals surface area contributed by atoms with Gasteiger partial charge in [-0.3, -0.25) is 0 Å². The normalized spacial score (nSPS) is 13.3. The number of unbranched alkanes of at least 4 members (excludes halogenated alkanes) is 1. The summed E-state index contributed by atoms with van der Waals surface area (Å²) < 4.78 is 26.9. The molecule has 1 atom stereocenters. The Labute approximate surface area is 122 Å². The van der Waals surface area contributed by atoms with Crippen LogP contribution in [-0.2, 0) is 16.6 Å². The fourth-order valence-corrected chi connectivity index (χ4v) is 2.98. The first-order valence-corrected chi connectivity index (χ1v) is 8.66. The Kier molecular flexibility index (Phi) is 7.12. The van der Waals surface area contributed by atoms with Crippen molar-refractivity contribution in [1.82, 2.24) is 9.71 Å². The molecule has 3 N–H and O–H groups in total. The van der Waals surface area contributed by atoms with E-state index >= 15 is 0 Å². The second-order valence-corrected chi connectivity index (χ2v) is 6.69. The molecular formula is C14H25N3O2S.